The summed E-state index contributed by atoms with van der Waals surface area (Å²) in [7, 11) is 3.61. The van der Waals surface area contributed by atoms with Crippen LogP contribution in [0.4, 0.5) is 0 Å². The Labute approximate surface area is 182 Å². The average molecular weight is 423 g/mol. The molecule has 0 amide bonds. The number of fused-ring (bicyclic) bond motifs is 1. The van der Waals surface area contributed by atoms with Crippen molar-refractivity contribution in [1.29, 1.82) is 0 Å². The molecule has 3 heterocycles. The van der Waals surface area contributed by atoms with Gasteiger partial charge in [0.25, 0.3) is 0 Å². The van der Waals surface area contributed by atoms with Gasteiger partial charge in [-0.05, 0) is 52.8 Å². The molecular formula is C22H30N8O. The van der Waals surface area contributed by atoms with Gasteiger partial charge in [-0.1, -0.05) is 12.1 Å². The number of rotatable bonds is 4. The van der Waals surface area contributed by atoms with Crippen LogP contribution in [0.1, 0.15) is 43.2 Å². The van der Waals surface area contributed by atoms with Gasteiger partial charge in [0.15, 0.2) is 5.82 Å². The van der Waals surface area contributed by atoms with E-state index in [9.17, 15) is 0 Å². The Morgan fingerprint density at radius 3 is 2.42 bits per heavy atom. The highest BCUT2D eigenvalue weighted by Gasteiger charge is 2.28. The molecular weight excluding hydrogens is 392 g/mol. The van der Waals surface area contributed by atoms with E-state index in [1.807, 2.05) is 26.8 Å². The largest absolute Gasteiger partial charge is 0.464 e. The first kappa shape index (κ1) is 22.4. The molecule has 0 radical (unpaired) electrons. The van der Waals surface area contributed by atoms with Gasteiger partial charge in [-0.3, -0.25) is 0 Å². The summed E-state index contributed by atoms with van der Waals surface area (Å²) < 4.78 is 9.13. The van der Waals surface area contributed by atoms with Crippen LogP contribution in [-0.2, 0) is 7.05 Å². The van der Waals surface area contributed by atoms with Crippen molar-refractivity contribution in [3.05, 3.63) is 54.0 Å². The summed E-state index contributed by atoms with van der Waals surface area (Å²) in [4.78, 5) is 17.1. The lowest BCUT2D eigenvalue weighted by Crippen LogP contribution is -2.05. The van der Waals surface area contributed by atoms with Crippen LogP contribution >= 0.6 is 0 Å². The second-order valence-electron chi connectivity index (χ2n) is 7.04. The standard InChI is InChI=1S/C11H12N2.C10H13N5O.CH5N/c1-13-10-5-3-2-4-9(10)12-11(13)8-6-7-8;1-4-16-10-11-6-5-9(13-10)15-8(3)12-7(2)14-15;1-2/h2-5,8H,6-7H2,1H3;5-6H,4H2,1-3H3;2H2,1H3. The van der Waals surface area contributed by atoms with E-state index in [0.717, 1.165) is 17.3 Å². The molecule has 2 N–H and O–H groups in total. The topological polar surface area (TPSA) is 110 Å². The van der Waals surface area contributed by atoms with Gasteiger partial charge in [0.05, 0.1) is 17.6 Å². The van der Waals surface area contributed by atoms with E-state index in [1.54, 1.807) is 16.9 Å². The Kier molecular flexibility index (Phi) is 7.30. The maximum atomic E-state index is 5.23. The monoisotopic (exact) mass is 422 g/mol. The van der Waals surface area contributed by atoms with Crippen LogP contribution in [0.5, 0.6) is 6.01 Å². The molecule has 0 saturated heterocycles. The van der Waals surface area contributed by atoms with E-state index < -0.39 is 0 Å². The molecule has 4 aromatic rings. The fourth-order valence-corrected chi connectivity index (χ4v) is 3.26. The zero-order valence-electron chi connectivity index (χ0n) is 18.8. The molecule has 0 bridgehead atoms. The zero-order chi connectivity index (χ0) is 22.4. The lowest BCUT2D eigenvalue weighted by Gasteiger charge is -2.04. The summed E-state index contributed by atoms with van der Waals surface area (Å²) in [6.45, 7) is 6.15. The smallest absolute Gasteiger partial charge is 0.318 e. The predicted molar refractivity (Wildman–Crippen MR) is 120 cm³/mol. The molecule has 1 aliphatic rings. The molecule has 164 valence electrons. The number of nitrogens with zero attached hydrogens (tertiary/aromatic N) is 7. The molecule has 1 aliphatic carbocycles. The fourth-order valence-electron chi connectivity index (χ4n) is 3.26. The Hall–Kier alpha value is -3.33. The second-order valence-corrected chi connectivity index (χ2v) is 7.04. The highest BCUT2D eigenvalue weighted by atomic mass is 16.5. The fraction of sp³-hybridized carbons (Fsp3) is 0.409. The minimum Gasteiger partial charge on any atom is -0.464 e. The summed E-state index contributed by atoms with van der Waals surface area (Å²) in [5.74, 6) is 4.17. The molecule has 31 heavy (non-hydrogen) atoms. The maximum absolute atomic E-state index is 5.23. The van der Waals surface area contributed by atoms with Crippen LogP contribution < -0.4 is 10.5 Å². The van der Waals surface area contributed by atoms with Crippen LogP contribution in [-0.4, -0.2) is 47.9 Å². The van der Waals surface area contributed by atoms with E-state index in [-0.39, 0.29) is 0 Å². The van der Waals surface area contributed by atoms with Crippen molar-refractivity contribution in [3.8, 4) is 11.8 Å². The maximum Gasteiger partial charge on any atom is 0.318 e. The van der Waals surface area contributed by atoms with E-state index in [4.69, 9.17) is 4.74 Å². The van der Waals surface area contributed by atoms with Crippen molar-refractivity contribution in [2.75, 3.05) is 13.7 Å². The highest BCUT2D eigenvalue weighted by molar-refractivity contribution is 5.76. The normalized spacial score (nSPS) is 12.6. The quantitative estimate of drug-likeness (QED) is 0.538. The van der Waals surface area contributed by atoms with E-state index >= 15 is 0 Å². The molecule has 9 heteroatoms. The minimum atomic E-state index is 0.354. The van der Waals surface area contributed by atoms with Crippen molar-refractivity contribution in [3.63, 3.8) is 0 Å². The molecule has 0 unspecified atom stereocenters. The van der Waals surface area contributed by atoms with Gasteiger partial charge >= 0.3 is 6.01 Å². The molecule has 3 aromatic heterocycles. The minimum absolute atomic E-state index is 0.354. The lowest BCUT2D eigenvalue weighted by atomic mass is 10.3. The van der Waals surface area contributed by atoms with Gasteiger partial charge in [0, 0.05) is 25.2 Å². The summed E-state index contributed by atoms with van der Waals surface area (Å²) in [5.41, 5.74) is 6.89. The Balaban J connectivity index is 0.000000165. The number of hydrogen-bond acceptors (Lipinski definition) is 7. The predicted octanol–water partition coefficient (Wildman–Crippen LogP) is 3.10. The van der Waals surface area contributed by atoms with Crippen LogP contribution in [0.15, 0.2) is 36.5 Å². The first-order valence-electron chi connectivity index (χ1n) is 10.4. The third-order valence-corrected chi connectivity index (χ3v) is 4.75. The van der Waals surface area contributed by atoms with E-state index in [0.29, 0.717) is 24.3 Å². The van der Waals surface area contributed by atoms with Crippen LogP contribution in [0.25, 0.3) is 16.9 Å². The molecule has 1 aromatic carbocycles. The van der Waals surface area contributed by atoms with Crippen molar-refractivity contribution in [1.82, 2.24) is 34.3 Å². The van der Waals surface area contributed by atoms with Crippen molar-refractivity contribution >= 4 is 11.0 Å². The number of ether oxygens (including phenoxy) is 1. The number of hydrogen-bond donors (Lipinski definition) is 1. The molecule has 5 rings (SSSR count). The van der Waals surface area contributed by atoms with Crippen LogP contribution in [0.3, 0.4) is 0 Å². The van der Waals surface area contributed by atoms with Gasteiger partial charge in [-0.2, -0.15) is 9.67 Å². The van der Waals surface area contributed by atoms with Gasteiger partial charge < -0.3 is 15.0 Å². The molecule has 1 fully saturated rings. The number of imidazole rings is 1. The number of benzene rings is 1. The molecule has 0 spiro atoms. The number of nitrogens with two attached hydrogens (primary N) is 1. The Morgan fingerprint density at radius 1 is 1.06 bits per heavy atom. The SMILES string of the molecule is CCOc1nccc(-n2nc(C)nc2C)n1.CN.Cn1c(C2CC2)nc2ccccc21. The highest BCUT2D eigenvalue weighted by Crippen LogP contribution is 2.40. The van der Waals surface area contributed by atoms with Gasteiger partial charge in [-0.15, -0.1) is 5.10 Å². The Morgan fingerprint density at radius 2 is 1.81 bits per heavy atom. The number of aromatic nitrogens is 7. The third kappa shape index (κ3) is 5.24. The zero-order valence-corrected chi connectivity index (χ0v) is 18.8. The summed E-state index contributed by atoms with van der Waals surface area (Å²) in [6.07, 6.45) is 4.28. The van der Waals surface area contributed by atoms with Gasteiger partial charge in [0.1, 0.15) is 17.5 Å². The van der Waals surface area contributed by atoms with Crippen LogP contribution in [0.2, 0.25) is 0 Å². The third-order valence-electron chi connectivity index (χ3n) is 4.75. The summed E-state index contributed by atoms with van der Waals surface area (Å²) in [6, 6.07) is 10.5. The van der Waals surface area contributed by atoms with E-state index in [1.165, 1.54) is 31.2 Å². The average Bonchev–Trinajstić information content (AvgIpc) is 3.50. The number of para-hydroxylation sites is 2. The lowest BCUT2D eigenvalue weighted by molar-refractivity contribution is 0.312. The summed E-state index contributed by atoms with van der Waals surface area (Å²) >= 11 is 0. The van der Waals surface area contributed by atoms with Crippen LogP contribution in [0, 0.1) is 13.8 Å². The summed E-state index contributed by atoms with van der Waals surface area (Å²) in [5, 5.41) is 4.24. The van der Waals surface area contributed by atoms with E-state index in [2.05, 4.69) is 60.6 Å². The van der Waals surface area contributed by atoms with Crippen molar-refractivity contribution in [2.24, 2.45) is 12.8 Å². The van der Waals surface area contributed by atoms with Crippen molar-refractivity contribution in [2.45, 2.75) is 39.5 Å². The van der Waals surface area contributed by atoms with Gasteiger partial charge in [-0.25, -0.2) is 15.0 Å². The number of aryl methyl sites for hydroxylation is 3. The molecule has 0 atom stereocenters. The van der Waals surface area contributed by atoms with Gasteiger partial charge in [0.2, 0.25) is 0 Å². The molecule has 9 nitrogen and oxygen atoms in total. The first-order chi connectivity index (χ1) is 15.1. The Bertz CT molecular complexity index is 1130. The molecule has 1 saturated carbocycles. The van der Waals surface area contributed by atoms with Crippen molar-refractivity contribution < 1.29 is 4.74 Å². The second kappa shape index (κ2) is 10.1. The first-order valence-corrected chi connectivity index (χ1v) is 10.4. The molecule has 0 aliphatic heterocycles.